The average Bonchev–Trinajstić information content (AvgIpc) is 0.756. The first-order valence-corrected chi connectivity index (χ1v) is 43.2. The van der Waals surface area contributed by atoms with Crippen molar-refractivity contribution in [2.24, 2.45) is 0 Å². The normalized spacial score (nSPS) is 33.5. The van der Waals surface area contributed by atoms with Crippen molar-refractivity contribution in [3.8, 4) is 0 Å². The number of ether oxygens (including phenoxy) is 13. The smallest absolute Gasteiger partial charge is 0.735 e. The van der Waals surface area contributed by atoms with Gasteiger partial charge in [0.2, 0.25) is 62.4 Å². The average molecular weight is 2150 g/mol. The Bertz CT molecular complexity index is 4700. The number of carbonyl (C=O) groups excluding carboxylic acids is 3. The molecule has 6 aliphatic rings. The van der Waals surface area contributed by atoms with Crippen molar-refractivity contribution in [1.29, 1.82) is 0 Å². The molecule has 6 saturated heterocycles. The van der Waals surface area contributed by atoms with E-state index in [0.717, 1.165) is 14.2 Å². The molecule has 9 N–H and O–H groups in total. The molecule has 0 aromatic heterocycles. The van der Waals surface area contributed by atoms with Crippen LogP contribution < -0.4 is 384 Å². The van der Waals surface area contributed by atoms with E-state index in [1.165, 1.54) is 44.2 Å². The molecule has 0 aliphatic carbocycles. The Morgan fingerprint density at radius 3 is 0.922 bits per heavy atom. The zero-order valence-corrected chi connectivity index (χ0v) is 100. The number of rotatable bonds is 39. The van der Waals surface area contributed by atoms with Gasteiger partial charge in [-0.25, -0.2) is 89.9 Å². The maximum Gasteiger partial charge on any atom is 1.00 e. The monoisotopic (exact) mass is 2140 g/mol. The van der Waals surface area contributed by atoms with Crippen LogP contribution >= 0.6 is 0 Å². The summed E-state index contributed by atoms with van der Waals surface area (Å²) in [7, 11) is -56.3. The number of aliphatic hydroxyl groups is 6. The predicted molar refractivity (Wildman–Crippen MR) is 319 cm³/mol. The van der Waals surface area contributed by atoms with Crippen LogP contribution in [0.4, 0.5) is 0 Å². The van der Waals surface area contributed by atoms with Gasteiger partial charge in [0.25, 0.3) is 0 Å². The van der Waals surface area contributed by atoms with Crippen molar-refractivity contribution in [2.45, 2.75) is 211 Å². The van der Waals surface area contributed by atoms with Crippen LogP contribution in [0.5, 0.6) is 0 Å². The maximum atomic E-state index is 13.2. The first kappa shape index (κ1) is 146. The van der Waals surface area contributed by atoms with Crippen molar-refractivity contribution in [3.63, 3.8) is 0 Å². The Morgan fingerprint density at radius 1 is 0.336 bits per heavy atom. The summed E-state index contributed by atoms with van der Waals surface area (Å²) >= 11 is 0. The number of benzene rings is 1. The van der Waals surface area contributed by atoms with Gasteiger partial charge in [0.05, 0.1) is 50.4 Å². The number of carboxylic acid groups (broad SMARTS) is 3. The number of carboxylic acids is 3. The number of hydrogen-bond acceptors (Lipinski definition) is 58. The minimum atomic E-state index is -6.66. The van der Waals surface area contributed by atoms with E-state index in [4.69, 9.17) is 61.6 Å². The Labute approximate surface area is 993 Å². The molecule has 6 heterocycles. The Hall–Kier alpha value is 7.70. The number of hydrogen-bond donors (Lipinski definition) is 9. The van der Waals surface area contributed by atoms with Gasteiger partial charge in [0.15, 0.2) is 87.0 Å². The van der Waals surface area contributed by atoms with E-state index in [0.29, 0.717) is 0 Å². The van der Waals surface area contributed by atoms with Crippen molar-refractivity contribution >= 4 is 111 Å². The number of aliphatic carboxylic acids is 3. The quantitative estimate of drug-likeness (QED) is 0.0168. The van der Waals surface area contributed by atoms with Gasteiger partial charge >= 0.3 is 355 Å². The summed E-state index contributed by atoms with van der Waals surface area (Å²) in [4.78, 5) is 39.0. The Morgan fingerprint density at radius 2 is 0.617 bits per heavy atom. The molecule has 6 fully saturated rings. The van der Waals surface area contributed by atoms with Gasteiger partial charge < -0.3 is 163 Å². The third-order valence-corrected chi connectivity index (χ3v) is 20.4. The van der Waals surface area contributed by atoms with Gasteiger partial charge in [0, 0.05) is 0 Å². The van der Waals surface area contributed by atoms with Crippen molar-refractivity contribution in [3.05, 3.63) is 35.9 Å². The zero-order valence-electron chi connectivity index (χ0n) is 68.7. The van der Waals surface area contributed by atoms with Crippen LogP contribution in [0, 0.1) is 0 Å². The van der Waals surface area contributed by atoms with Crippen LogP contribution in [0.15, 0.2) is 30.3 Å². The van der Waals surface area contributed by atoms with Gasteiger partial charge in [0.1, 0.15) is 128 Å². The molecule has 7 rings (SSSR count). The van der Waals surface area contributed by atoms with E-state index in [-0.39, 0.29) is 360 Å². The molecule has 1 aromatic rings. The topological polar surface area (TPSA) is 968 Å². The molecule has 672 valence electrons. The first-order valence-electron chi connectivity index (χ1n) is 31.0. The summed E-state index contributed by atoms with van der Waals surface area (Å²) in [5.41, 5.74) is 0.110. The number of carbonyl (C=O) groups is 3. The maximum absolute atomic E-state index is 13.2. The molecule has 82 heteroatoms. The van der Waals surface area contributed by atoms with E-state index in [1.54, 1.807) is 0 Å². The molecule has 30 atom stereocenters. The summed E-state index contributed by atoms with van der Waals surface area (Å²) in [6.45, 7) is -4.25. The van der Waals surface area contributed by atoms with Crippen LogP contribution in [0.2, 0.25) is 0 Å². The van der Waals surface area contributed by atoms with Crippen LogP contribution in [-0.4, -0.2) is 375 Å². The van der Waals surface area contributed by atoms with Gasteiger partial charge in [-0.15, -0.1) is 0 Å². The molecular weight excluding hydrogens is 2090 g/mol. The SMILES string of the molecule is CC(C)O[C@@H]1O[C@@H](C(=O)[O-])[C@@H](O[C@H]2O[C@H](COS(=O)(=O)[O-])[C@@H](O[C@@H]3O[C@@H](C(=O)[O-])[C@@H](O[C@H]4O[C@H](COS(=O)(=O)[O-])[C@@H](O[C@@H]5O[C@@H](C(=O)[O-])[C@@H](O[C@H]6O[C@H](COS(=O)(=O)[O-])[C@@H](O)[C@H](O)[C@H]6NS(=O)(=O)[O-])[C@H](O)[C@H]5OS(=O)(=O)[O-])[C@H](O)[C@H]4NS(=O)(=O)[O-])[C@H](O)[C@H]3OS(=O)(=O)[O-])[C@H](O)[C@H]2NS(=O)(=O)[O-])[C@H](OCc2ccccc2)[C@H]1OS(=O)(=O)[O-].[Na+].[Na+].[Na+].[Na+].[Na+].[Na+].[Na+].[Na+].[Na+].[Na+].[Na+].[Na+]. The van der Waals surface area contributed by atoms with E-state index in [9.17, 15) is 177 Å². The Kier molecular flexibility index (Phi) is 70.4. The van der Waals surface area contributed by atoms with E-state index < -0.39 is 328 Å². The van der Waals surface area contributed by atoms with Gasteiger partial charge in [-0.2, -0.15) is 0 Å². The predicted octanol–water partition coefficient (Wildman–Crippen LogP) is -56.0. The van der Waals surface area contributed by atoms with Crippen LogP contribution in [0.25, 0.3) is 0 Å². The fraction of sp³-hybridized carbons (Fsp3) is 0.804. The summed E-state index contributed by atoms with van der Waals surface area (Å²) in [6, 6.07) is -2.44. The largest absolute Gasteiger partial charge is 1.00 e. The second-order valence-corrected chi connectivity index (χ2v) is 34.1. The van der Waals surface area contributed by atoms with E-state index >= 15 is 0 Å². The molecule has 128 heavy (non-hydrogen) atoms. The van der Waals surface area contributed by atoms with Crippen molar-refractivity contribution in [1.82, 2.24) is 14.2 Å². The third-order valence-electron chi connectivity index (χ3n) is 16.1. The van der Waals surface area contributed by atoms with Crippen molar-refractivity contribution < 1.29 is 618 Å². The standard InChI is InChI=1S/C46H71N3O58S9.12Na/c1-12(2)93-46-37(107-116(86,87)88)32(89-8-13-6-4-3-5-7-13)33(36(104-46)40(60)61)101-43-19(49-110(68,69)70)23(53)27(16(96-43)11-92-113(77,78)79)98-45-31(106-115(83,84)85)25(55)29(35(103-45)39(58)59)100-42-18(48-109(65,66)67)22(52)26(15(95-42)10-91-112(74,75)76)97-44-30(105-114(80,81)82)24(54)28(34(102-44)38(56)57)99-41-17(47-108(62,63)64)21(51)20(50)14(94-41)9-90-111(71,72)73;;;;;;;;;;;;/h3-7,12,14-37,41-55H,8-11H2,1-2H3,(H,56,57)(H,58,59)(H,60,61)(H,62,63,64)(H,65,66,67)(H,68,69,70)(H,71,72,73)(H,74,75,76)(H,77,78,79)(H,80,81,82)(H,83,84,85)(H,86,87,88);;;;;;;;;;;;/q;12*+1/p-12/t14-,15-,16-,17-,18-,19-,20-,21-,22-,23-,24+,25+,26-,27-,28+,29+,30-,31-,32+,33+,34-,35-,36-,37-,41-,42-,43-,44-,45-,46-;;;;;;;;;;;;/m1............/s1. The second-order valence-electron chi connectivity index (χ2n) is 24.5. The number of nitrogens with one attached hydrogen (secondary N) is 3. The third kappa shape index (κ3) is 46.6. The summed E-state index contributed by atoms with van der Waals surface area (Å²) in [6.07, 6.45) is -85.2. The first-order chi connectivity index (χ1) is 52.9. The summed E-state index contributed by atoms with van der Waals surface area (Å²) < 4.78 is 426. The van der Waals surface area contributed by atoms with Crippen LogP contribution in [0.1, 0.15) is 19.4 Å². The molecule has 0 bridgehead atoms. The summed E-state index contributed by atoms with van der Waals surface area (Å²) in [5, 5.41) is 108. The van der Waals surface area contributed by atoms with Gasteiger partial charge in [-0.1, -0.05) is 30.3 Å². The summed E-state index contributed by atoms with van der Waals surface area (Å²) in [5.74, 6) is -8.18. The van der Waals surface area contributed by atoms with E-state index in [1.807, 2.05) is 0 Å². The molecule has 6 aliphatic heterocycles. The van der Waals surface area contributed by atoms with E-state index in [2.05, 4.69) is 25.1 Å². The van der Waals surface area contributed by atoms with Crippen LogP contribution in [-0.2, 0) is 201 Å². The molecular formula is C46H59N3Na12O58S9. The fourth-order valence-electron chi connectivity index (χ4n) is 11.7. The van der Waals surface area contributed by atoms with Gasteiger partial charge in [-0.05, 0) is 19.4 Å². The molecule has 0 radical (unpaired) electrons. The second kappa shape index (κ2) is 61.6. The molecule has 0 saturated carbocycles. The fourth-order valence-corrected chi connectivity index (χ4v) is 15.8. The molecule has 0 spiro atoms. The number of aliphatic hydroxyl groups excluding tert-OH is 6. The molecule has 0 amide bonds. The molecule has 0 unspecified atom stereocenters. The van der Waals surface area contributed by atoms with Crippen molar-refractivity contribution in [2.75, 3.05) is 19.8 Å². The zero-order chi connectivity index (χ0) is 87.6. The minimum Gasteiger partial charge on any atom is -0.735 e. The van der Waals surface area contributed by atoms with Crippen LogP contribution in [0.3, 0.4) is 0 Å². The Balaban J connectivity index is -0.00000310. The minimum absolute atomic E-state index is 0. The molecule has 61 nitrogen and oxygen atoms in total. The van der Waals surface area contributed by atoms with Gasteiger partial charge in [-0.3, -0.25) is 25.1 Å². The molecule has 1 aromatic carbocycles.